The maximum Gasteiger partial charge on any atom is 0.0191 e. The molecule has 0 spiro atoms. The number of hydrogen-bond acceptors (Lipinski definition) is 2. The zero-order valence-electron chi connectivity index (χ0n) is 9.46. The number of hydrogen-bond donors (Lipinski definition) is 1. The lowest BCUT2D eigenvalue weighted by Gasteiger charge is -2.43. The summed E-state index contributed by atoms with van der Waals surface area (Å²) in [6.45, 7) is 12.6. The highest BCUT2D eigenvalue weighted by Gasteiger charge is 2.29. The fraction of sp³-hybridized carbons (Fsp3) is 1.00. The molecule has 78 valence electrons. The van der Waals surface area contributed by atoms with Crippen LogP contribution in [0.4, 0.5) is 0 Å². The van der Waals surface area contributed by atoms with Crippen LogP contribution in [0.5, 0.6) is 0 Å². The topological polar surface area (TPSA) is 29.3 Å². The molecule has 1 fully saturated rings. The van der Waals surface area contributed by atoms with Crippen LogP contribution in [0.25, 0.3) is 0 Å². The summed E-state index contributed by atoms with van der Waals surface area (Å²) in [4.78, 5) is 2.48. The second kappa shape index (κ2) is 4.43. The van der Waals surface area contributed by atoms with Crippen molar-refractivity contribution in [2.75, 3.05) is 19.6 Å². The Morgan fingerprint density at radius 1 is 1.23 bits per heavy atom. The van der Waals surface area contributed by atoms with Gasteiger partial charge in [-0.05, 0) is 17.8 Å². The monoisotopic (exact) mass is 184 g/mol. The van der Waals surface area contributed by atoms with Crippen LogP contribution >= 0.6 is 0 Å². The van der Waals surface area contributed by atoms with Crippen LogP contribution in [0.3, 0.4) is 0 Å². The van der Waals surface area contributed by atoms with Crippen molar-refractivity contribution in [1.82, 2.24) is 4.90 Å². The summed E-state index contributed by atoms with van der Waals surface area (Å²) < 4.78 is 0. The van der Waals surface area contributed by atoms with Gasteiger partial charge >= 0.3 is 0 Å². The fourth-order valence-electron chi connectivity index (χ4n) is 1.69. The Labute approximate surface area is 82.5 Å². The van der Waals surface area contributed by atoms with Gasteiger partial charge in [0.2, 0.25) is 0 Å². The quantitative estimate of drug-likeness (QED) is 0.718. The molecule has 1 rings (SSSR count). The summed E-state index contributed by atoms with van der Waals surface area (Å²) in [5.74, 6) is 2.36. The van der Waals surface area contributed by atoms with Crippen LogP contribution in [-0.2, 0) is 0 Å². The molecule has 1 saturated heterocycles. The first-order valence-corrected chi connectivity index (χ1v) is 5.48. The molecular formula is C11H24N2. The first-order valence-electron chi connectivity index (χ1n) is 5.48. The van der Waals surface area contributed by atoms with Crippen LogP contribution in [0, 0.1) is 17.8 Å². The van der Waals surface area contributed by atoms with Gasteiger partial charge in [0.05, 0.1) is 0 Å². The van der Waals surface area contributed by atoms with Crippen molar-refractivity contribution in [1.29, 1.82) is 0 Å². The minimum Gasteiger partial charge on any atom is -0.326 e. The average Bonchev–Trinajstić information content (AvgIpc) is 1.94. The average molecular weight is 184 g/mol. The molecule has 0 aromatic heterocycles. The van der Waals surface area contributed by atoms with Crippen LogP contribution in [0.2, 0.25) is 0 Å². The number of likely N-dealkylation sites (tertiary alicyclic amines) is 1. The lowest BCUT2D eigenvalue weighted by Crippen LogP contribution is -2.53. The van der Waals surface area contributed by atoms with Crippen molar-refractivity contribution < 1.29 is 0 Å². The molecule has 1 heterocycles. The van der Waals surface area contributed by atoms with E-state index in [1.54, 1.807) is 0 Å². The predicted octanol–water partition coefficient (Wildman–Crippen LogP) is 1.56. The third-order valence-corrected chi connectivity index (χ3v) is 3.25. The van der Waals surface area contributed by atoms with E-state index >= 15 is 0 Å². The van der Waals surface area contributed by atoms with E-state index in [1.165, 1.54) is 13.1 Å². The van der Waals surface area contributed by atoms with Gasteiger partial charge in [0.15, 0.2) is 0 Å². The highest BCUT2D eigenvalue weighted by atomic mass is 15.2. The van der Waals surface area contributed by atoms with Crippen molar-refractivity contribution in [2.24, 2.45) is 23.5 Å². The molecule has 0 radical (unpaired) electrons. The Morgan fingerprint density at radius 3 is 2.15 bits per heavy atom. The third kappa shape index (κ3) is 2.96. The van der Waals surface area contributed by atoms with Crippen molar-refractivity contribution in [2.45, 2.75) is 33.7 Å². The number of nitrogens with zero attached hydrogens (tertiary/aromatic N) is 1. The summed E-state index contributed by atoms with van der Waals surface area (Å²) in [5, 5.41) is 0. The molecule has 0 bridgehead atoms. The molecule has 2 nitrogen and oxygen atoms in total. The van der Waals surface area contributed by atoms with Gasteiger partial charge in [-0.1, -0.05) is 27.7 Å². The molecule has 0 aliphatic carbocycles. The molecule has 0 aromatic rings. The smallest absolute Gasteiger partial charge is 0.0191 e. The SMILES string of the molecule is CC(C)C(N)CN1CC(C(C)C)C1. The van der Waals surface area contributed by atoms with Crippen molar-refractivity contribution in [3.63, 3.8) is 0 Å². The molecule has 2 heteroatoms. The molecule has 1 atom stereocenters. The van der Waals surface area contributed by atoms with Gasteiger partial charge in [0, 0.05) is 25.7 Å². The number of nitrogens with two attached hydrogens (primary N) is 1. The van der Waals surface area contributed by atoms with Gasteiger partial charge in [-0.2, -0.15) is 0 Å². The van der Waals surface area contributed by atoms with Crippen molar-refractivity contribution in [3.05, 3.63) is 0 Å². The molecule has 1 aliphatic heterocycles. The van der Waals surface area contributed by atoms with E-state index in [4.69, 9.17) is 5.73 Å². The van der Waals surface area contributed by atoms with Gasteiger partial charge in [0.25, 0.3) is 0 Å². The Balaban J connectivity index is 2.14. The summed E-state index contributed by atoms with van der Waals surface area (Å²) in [7, 11) is 0. The Morgan fingerprint density at radius 2 is 1.77 bits per heavy atom. The largest absolute Gasteiger partial charge is 0.326 e. The van der Waals surface area contributed by atoms with Gasteiger partial charge < -0.3 is 10.6 Å². The highest BCUT2D eigenvalue weighted by molar-refractivity contribution is 4.84. The van der Waals surface area contributed by atoms with E-state index in [0.29, 0.717) is 12.0 Å². The summed E-state index contributed by atoms with van der Waals surface area (Å²) >= 11 is 0. The molecule has 0 amide bonds. The lowest BCUT2D eigenvalue weighted by atomic mass is 9.87. The molecule has 0 saturated carbocycles. The fourth-order valence-corrected chi connectivity index (χ4v) is 1.69. The highest BCUT2D eigenvalue weighted by Crippen LogP contribution is 2.23. The standard InChI is InChI=1S/C11H24N2/c1-8(2)10-5-13(6-10)7-11(12)9(3)4/h8-11H,5-7,12H2,1-4H3. The van der Waals surface area contributed by atoms with Crippen LogP contribution < -0.4 is 5.73 Å². The third-order valence-electron chi connectivity index (χ3n) is 3.25. The summed E-state index contributed by atoms with van der Waals surface area (Å²) in [5.41, 5.74) is 6.01. The van der Waals surface area contributed by atoms with Crippen LogP contribution in [0.15, 0.2) is 0 Å². The van der Waals surface area contributed by atoms with Gasteiger partial charge in [-0.15, -0.1) is 0 Å². The van der Waals surface area contributed by atoms with E-state index in [-0.39, 0.29) is 0 Å². The summed E-state index contributed by atoms with van der Waals surface area (Å²) in [6, 6.07) is 0.355. The van der Waals surface area contributed by atoms with Crippen molar-refractivity contribution >= 4 is 0 Å². The molecule has 1 aliphatic rings. The van der Waals surface area contributed by atoms with E-state index in [2.05, 4.69) is 32.6 Å². The summed E-state index contributed by atoms with van der Waals surface area (Å²) in [6.07, 6.45) is 0. The second-order valence-corrected chi connectivity index (χ2v) is 5.13. The van der Waals surface area contributed by atoms with E-state index < -0.39 is 0 Å². The second-order valence-electron chi connectivity index (χ2n) is 5.13. The lowest BCUT2D eigenvalue weighted by molar-refractivity contribution is 0.0586. The number of rotatable bonds is 4. The van der Waals surface area contributed by atoms with E-state index in [9.17, 15) is 0 Å². The first-order chi connectivity index (χ1) is 6.00. The maximum absolute atomic E-state index is 6.01. The Kier molecular flexibility index (Phi) is 3.74. The first kappa shape index (κ1) is 11.0. The molecule has 0 aromatic carbocycles. The van der Waals surface area contributed by atoms with Crippen LogP contribution in [-0.4, -0.2) is 30.6 Å². The zero-order chi connectivity index (χ0) is 10.0. The van der Waals surface area contributed by atoms with Gasteiger partial charge in [0.1, 0.15) is 0 Å². The zero-order valence-corrected chi connectivity index (χ0v) is 9.46. The van der Waals surface area contributed by atoms with Crippen molar-refractivity contribution in [3.8, 4) is 0 Å². The molecule has 1 unspecified atom stereocenters. The minimum absolute atomic E-state index is 0.355. The van der Waals surface area contributed by atoms with E-state index in [1.807, 2.05) is 0 Å². The molecular weight excluding hydrogens is 160 g/mol. The maximum atomic E-state index is 6.01. The van der Waals surface area contributed by atoms with Gasteiger partial charge in [-0.25, -0.2) is 0 Å². The minimum atomic E-state index is 0.355. The Hall–Kier alpha value is -0.0800. The molecule has 2 N–H and O–H groups in total. The molecule has 13 heavy (non-hydrogen) atoms. The van der Waals surface area contributed by atoms with E-state index in [0.717, 1.165) is 18.4 Å². The normalized spacial score (nSPS) is 22.4. The predicted molar refractivity (Wildman–Crippen MR) is 57.6 cm³/mol. The Bertz CT molecular complexity index is 148. The van der Waals surface area contributed by atoms with Gasteiger partial charge in [-0.3, -0.25) is 0 Å². The van der Waals surface area contributed by atoms with Crippen LogP contribution in [0.1, 0.15) is 27.7 Å².